The molecule has 20 heavy (non-hydrogen) atoms. The van der Waals surface area contributed by atoms with Crippen LogP contribution in [0.3, 0.4) is 0 Å². The van der Waals surface area contributed by atoms with Gasteiger partial charge in [0.15, 0.2) is 0 Å². The number of hydrogen-bond acceptors (Lipinski definition) is 2. The van der Waals surface area contributed by atoms with E-state index < -0.39 is 0 Å². The second-order valence-corrected chi connectivity index (χ2v) is 5.56. The highest BCUT2D eigenvalue weighted by atomic mass is 79.9. The molecule has 3 nitrogen and oxygen atoms in total. The van der Waals surface area contributed by atoms with E-state index in [2.05, 4.69) is 21.2 Å². The van der Waals surface area contributed by atoms with Crippen molar-refractivity contribution in [2.75, 3.05) is 5.32 Å². The standard InChI is InChI=1S/C14H7BrCl2N2O/c15-11-3-1-8(6-13(11)17)14(20)19-10-2-4-12(16)9(5-10)7-18/h1-6H,(H,19,20). The van der Waals surface area contributed by atoms with Crippen LogP contribution in [0.2, 0.25) is 10.0 Å². The summed E-state index contributed by atoms with van der Waals surface area (Å²) in [4.78, 5) is 12.1. The molecule has 6 heteroatoms. The van der Waals surface area contributed by atoms with Gasteiger partial charge in [0.1, 0.15) is 6.07 Å². The van der Waals surface area contributed by atoms with Crippen molar-refractivity contribution < 1.29 is 4.79 Å². The van der Waals surface area contributed by atoms with E-state index in [1.807, 2.05) is 6.07 Å². The zero-order valence-corrected chi connectivity index (χ0v) is 13.1. The molecule has 1 amide bonds. The Morgan fingerprint density at radius 2 is 1.90 bits per heavy atom. The minimum Gasteiger partial charge on any atom is -0.322 e. The fourth-order valence-electron chi connectivity index (χ4n) is 1.53. The van der Waals surface area contributed by atoms with E-state index in [1.165, 1.54) is 6.07 Å². The first-order valence-electron chi connectivity index (χ1n) is 5.47. The van der Waals surface area contributed by atoms with Crippen LogP contribution in [0.4, 0.5) is 5.69 Å². The van der Waals surface area contributed by atoms with E-state index in [1.54, 1.807) is 30.3 Å². The maximum atomic E-state index is 12.1. The third kappa shape index (κ3) is 3.31. The predicted molar refractivity (Wildman–Crippen MR) is 83.3 cm³/mol. The van der Waals surface area contributed by atoms with E-state index in [9.17, 15) is 4.79 Å². The molecular formula is C14H7BrCl2N2O. The molecule has 0 radical (unpaired) electrons. The second-order valence-electron chi connectivity index (χ2n) is 3.89. The lowest BCUT2D eigenvalue weighted by Gasteiger charge is -2.07. The summed E-state index contributed by atoms with van der Waals surface area (Å²) in [6, 6.07) is 11.6. The molecule has 0 heterocycles. The highest BCUT2D eigenvalue weighted by Crippen LogP contribution is 2.24. The Hall–Kier alpha value is -1.54. The van der Waals surface area contributed by atoms with Gasteiger partial charge in [-0.2, -0.15) is 5.26 Å². The van der Waals surface area contributed by atoms with Gasteiger partial charge in [0, 0.05) is 15.7 Å². The average molecular weight is 370 g/mol. The molecule has 2 rings (SSSR count). The Bertz CT molecular complexity index is 726. The van der Waals surface area contributed by atoms with Crippen LogP contribution in [-0.2, 0) is 0 Å². The van der Waals surface area contributed by atoms with Crippen LogP contribution in [0.25, 0.3) is 0 Å². The molecule has 100 valence electrons. The van der Waals surface area contributed by atoms with Crippen LogP contribution >= 0.6 is 39.1 Å². The Morgan fingerprint density at radius 3 is 2.55 bits per heavy atom. The molecule has 0 atom stereocenters. The number of halogens is 3. The van der Waals surface area contributed by atoms with E-state index in [-0.39, 0.29) is 5.91 Å². The Balaban J connectivity index is 2.23. The smallest absolute Gasteiger partial charge is 0.255 e. The number of benzene rings is 2. The van der Waals surface area contributed by atoms with E-state index in [0.717, 1.165) is 0 Å². The number of amides is 1. The molecule has 0 saturated carbocycles. The van der Waals surface area contributed by atoms with Crippen LogP contribution < -0.4 is 5.32 Å². The molecule has 0 aliphatic heterocycles. The van der Waals surface area contributed by atoms with E-state index in [0.29, 0.717) is 31.3 Å². The highest BCUT2D eigenvalue weighted by molar-refractivity contribution is 9.10. The topological polar surface area (TPSA) is 52.9 Å². The minimum absolute atomic E-state index is 0.304. The number of carbonyl (C=O) groups excluding carboxylic acids is 1. The van der Waals surface area contributed by atoms with Crippen molar-refractivity contribution in [3.63, 3.8) is 0 Å². The summed E-state index contributed by atoms with van der Waals surface area (Å²) in [6.45, 7) is 0. The van der Waals surface area contributed by atoms with Gasteiger partial charge in [-0.1, -0.05) is 23.2 Å². The quantitative estimate of drug-likeness (QED) is 0.820. The molecule has 0 unspecified atom stereocenters. The van der Waals surface area contributed by atoms with Gasteiger partial charge in [-0.05, 0) is 52.3 Å². The fourth-order valence-corrected chi connectivity index (χ4v) is 2.12. The molecule has 0 spiro atoms. The summed E-state index contributed by atoms with van der Waals surface area (Å²) < 4.78 is 0.717. The zero-order chi connectivity index (χ0) is 14.7. The summed E-state index contributed by atoms with van der Waals surface area (Å²) in [6.07, 6.45) is 0. The van der Waals surface area contributed by atoms with Gasteiger partial charge in [0.05, 0.1) is 15.6 Å². The lowest BCUT2D eigenvalue weighted by atomic mass is 10.2. The zero-order valence-electron chi connectivity index (χ0n) is 9.95. The maximum absolute atomic E-state index is 12.1. The number of rotatable bonds is 2. The van der Waals surface area contributed by atoms with Crippen LogP contribution in [0.5, 0.6) is 0 Å². The van der Waals surface area contributed by atoms with Crippen LogP contribution in [0.1, 0.15) is 15.9 Å². The Labute approximate surface area is 134 Å². The van der Waals surface area contributed by atoms with Gasteiger partial charge >= 0.3 is 0 Å². The fraction of sp³-hybridized carbons (Fsp3) is 0. The van der Waals surface area contributed by atoms with Gasteiger partial charge in [-0.15, -0.1) is 0 Å². The van der Waals surface area contributed by atoms with Crippen molar-refractivity contribution in [2.45, 2.75) is 0 Å². The largest absolute Gasteiger partial charge is 0.322 e. The van der Waals surface area contributed by atoms with Crippen molar-refractivity contribution in [1.82, 2.24) is 0 Å². The lowest BCUT2D eigenvalue weighted by Crippen LogP contribution is -2.11. The second kappa shape index (κ2) is 6.27. The van der Waals surface area contributed by atoms with Crippen molar-refractivity contribution >= 4 is 50.7 Å². The summed E-state index contributed by atoms with van der Waals surface area (Å²) >= 11 is 15.0. The Kier molecular flexibility index (Phi) is 4.66. The van der Waals surface area contributed by atoms with E-state index in [4.69, 9.17) is 28.5 Å². The number of anilines is 1. The van der Waals surface area contributed by atoms with Gasteiger partial charge in [-0.3, -0.25) is 4.79 Å². The highest BCUT2D eigenvalue weighted by Gasteiger charge is 2.09. The summed E-state index contributed by atoms with van der Waals surface area (Å²) in [7, 11) is 0. The Morgan fingerprint density at radius 1 is 1.15 bits per heavy atom. The molecule has 0 fully saturated rings. The average Bonchev–Trinajstić information content (AvgIpc) is 2.43. The molecule has 2 aromatic rings. The lowest BCUT2D eigenvalue weighted by molar-refractivity contribution is 0.102. The molecule has 2 aromatic carbocycles. The van der Waals surface area contributed by atoms with Crippen molar-refractivity contribution in [3.8, 4) is 6.07 Å². The molecule has 0 saturated heterocycles. The van der Waals surface area contributed by atoms with Crippen LogP contribution in [-0.4, -0.2) is 5.91 Å². The van der Waals surface area contributed by atoms with Crippen LogP contribution in [0.15, 0.2) is 40.9 Å². The molecule has 1 N–H and O–H groups in total. The number of nitrogens with one attached hydrogen (secondary N) is 1. The summed E-state index contributed by atoms with van der Waals surface area (Å²) in [5.74, 6) is -0.314. The number of nitrogens with zero attached hydrogens (tertiary/aromatic N) is 1. The van der Waals surface area contributed by atoms with E-state index >= 15 is 0 Å². The molecule has 0 aromatic heterocycles. The van der Waals surface area contributed by atoms with Gasteiger partial charge in [0.2, 0.25) is 0 Å². The maximum Gasteiger partial charge on any atom is 0.255 e. The van der Waals surface area contributed by atoms with Crippen molar-refractivity contribution in [2.24, 2.45) is 0 Å². The number of nitriles is 1. The first-order valence-corrected chi connectivity index (χ1v) is 7.02. The first kappa shape index (κ1) is 14.9. The third-order valence-corrected chi connectivity index (χ3v) is 4.09. The normalized spacial score (nSPS) is 9.90. The van der Waals surface area contributed by atoms with Crippen molar-refractivity contribution in [3.05, 3.63) is 62.0 Å². The monoisotopic (exact) mass is 368 g/mol. The van der Waals surface area contributed by atoms with Crippen molar-refractivity contribution in [1.29, 1.82) is 5.26 Å². The summed E-state index contributed by atoms with van der Waals surface area (Å²) in [5, 5.41) is 12.4. The van der Waals surface area contributed by atoms with Gasteiger partial charge in [0.25, 0.3) is 5.91 Å². The first-order chi connectivity index (χ1) is 9.51. The summed E-state index contributed by atoms with van der Waals surface area (Å²) in [5.41, 5.74) is 1.22. The molecule has 0 bridgehead atoms. The molecule has 0 aliphatic carbocycles. The van der Waals surface area contributed by atoms with Crippen LogP contribution in [0, 0.1) is 11.3 Å². The predicted octanol–water partition coefficient (Wildman–Crippen LogP) is 4.88. The van der Waals surface area contributed by atoms with Gasteiger partial charge < -0.3 is 5.32 Å². The molecular weight excluding hydrogens is 363 g/mol. The number of carbonyl (C=O) groups is 1. The number of hydrogen-bond donors (Lipinski definition) is 1. The van der Waals surface area contributed by atoms with Gasteiger partial charge in [-0.25, -0.2) is 0 Å². The molecule has 0 aliphatic rings. The minimum atomic E-state index is -0.314. The third-order valence-electron chi connectivity index (χ3n) is 2.53. The SMILES string of the molecule is N#Cc1cc(NC(=O)c2ccc(Br)c(Cl)c2)ccc1Cl.